The van der Waals surface area contributed by atoms with Crippen molar-refractivity contribution in [3.05, 3.63) is 35.9 Å². The number of likely N-dealkylation sites (tertiary alicyclic amines) is 1. The number of hydrogen-bond acceptors (Lipinski definition) is 1. The van der Waals surface area contributed by atoms with Crippen molar-refractivity contribution in [3.63, 3.8) is 0 Å². The molecule has 2 nitrogen and oxygen atoms in total. The zero-order chi connectivity index (χ0) is 13.9. The quantitative estimate of drug-likeness (QED) is 0.811. The van der Waals surface area contributed by atoms with Crippen LogP contribution in [0.25, 0.3) is 0 Å². The largest absolute Gasteiger partial charge is 0.339 e. The molecule has 1 unspecified atom stereocenters. The summed E-state index contributed by atoms with van der Waals surface area (Å²) in [5.41, 5.74) is 1.41. The highest BCUT2D eigenvalue weighted by Gasteiger charge is 2.31. The van der Waals surface area contributed by atoms with E-state index in [1.165, 1.54) is 0 Å². The minimum absolute atomic E-state index is 0.290. The molecule has 1 aromatic rings. The van der Waals surface area contributed by atoms with Gasteiger partial charge in [0.15, 0.2) is 0 Å². The van der Waals surface area contributed by atoms with Crippen LogP contribution in [0.4, 0.5) is 0 Å². The van der Waals surface area contributed by atoms with E-state index in [9.17, 15) is 4.79 Å². The Hall–Kier alpha value is -1.31. The van der Waals surface area contributed by atoms with E-state index < -0.39 is 0 Å². The third-order valence-electron chi connectivity index (χ3n) is 3.74. The third-order valence-corrected chi connectivity index (χ3v) is 3.74. The van der Waals surface area contributed by atoms with Crippen molar-refractivity contribution in [2.45, 2.75) is 52.5 Å². The van der Waals surface area contributed by atoms with Crippen LogP contribution < -0.4 is 0 Å². The topological polar surface area (TPSA) is 20.3 Å². The number of amides is 1. The molecule has 2 heteroatoms. The van der Waals surface area contributed by atoms with Gasteiger partial charge in [-0.05, 0) is 30.2 Å². The number of carbonyl (C=O) groups is 1. The second-order valence-electron chi connectivity index (χ2n) is 6.81. The summed E-state index contributed by atoms with van der Waals surface area (Å²) >= 11 is 0. The molecular weight excluding hydrogens is 234 g/mol. The van der Waals surface area contributed by atoms with Crippen LogP contribution in [0.5, 0.6) is 0 Å². The van der Waals surface area contributed by atoms with E-state index in [2.05, 4.69) is 25.7 Å². The molecule has 1 atom stereocenters. The molecule has 1 fully saturated rings. The summed E-state index contributed by atoms with van der Waals surface area (Å²) in [5.74, 6) is 0.290. The fourth-order valence-electron chi connectivity index (χ4n) is 2.96. The lowest BCUT2D eigenvalue weighted by Crippen LogP contribution is -2.38. The summed E-state index contributed by atoms with van der Waals surface area (Å²) in [7, 11) is 0. The second kappa shape index (κ2) is 5.77. The molecular formula is C17H25NO. The fourth-order valence-corrected chi connectivity index (χ4v) is 2.96. The van der Waals surface area contributed by atoms with Crippen molar-refractivity contribution in [3.8, 4) is 0 Å². The Morgan fingerprint density at radius 1 is 1.26 bits per heavy atom. The van der Waals surface area contributed by atoms with Gasteiger partial charge in [-0.25, -0.2) is 0 Å². The zero-order valence-electron chi connectivity index (χ0n) is 12.4. The molecule has 1 amide bonds. The van der Waals surface area contributed by atoms with E-state index in [0.29, 0.717) is 17.9 Å². The molecule has 1 saturated heterocycles. The molecule has 0 bridgehead atoms. The van der Waals surface area contributed by atoms with E-state index in [1.807, 2.05) is 30.3 Å². The van der Waals surface area contributed by atoms with Gasteiger partial charge in [-0.3, -0.25) is 4.79 Å². The van der Waals surface area contributed by atoms with Crippen molar-refractivity contribution >= 4 is 5.91 Å². The van der Waals surface area contributed by atoms with Crippen molar-refractivity contribution < 1.29 is 4.79 Å². The summed E-state index contributed by atoms with van der Waals surface area (Å²) in [6.07, 6.45) is 3.97. The SMILES string of the molecule is CC(C)(C)CC1CCCN1C(=O)Cc1ccccc1. The molecule has 0 aliphatic carbocycles. The highest BCUT2D eigenvalue weighted by atomic mass is 16.2. The monoisotopic (exact) mass is 259 g/mol. The van der Waals surface area contributed by atoms with Gasteiger partial charge in [-0.15, -0.1) is 0 Å². The van der Waals surface area contributed by atoms with Crippen LogP contribution in [0.1, 0.15) is 45.6 Å². The lowest BCUT2D eigenvalue weighted by molar-refractivity contribution is -0.131. The Bertz CT molecular complexity index is 419. The molecule has 0 radical (unpaired) electrons. The second-order valence-corrected chi connectivity index (χ2v) is 6.81. The molecule has 1 aliphatic rings. The summed E-state index contributed by atoms with van der Waals surface area (Å²) in [4.78, 5) is 14.5. The van der Waals surface area contributed by atoms with Gasteiger partial charge in [0.25, 0.3) is 0 Å². The average molecular weight is 259 g/mol. The van der Waals surface area contributed by atoms with Gasteiger partial charge in [0.05, 0.1) is 6.42 Å². The van der Waals surface area contributed by atoms with Gasteiger partial charge < -0.3 is 4.90 Å². The molecule has 2 rings (SSSR count). The molecule has 1 aromatic carbocycles. The van der Waals surface area contributed by atoms with Crippen molar-refractivity contribution in [1.29, 1.82) is 0 Å². The molecule has 0 N–H and O–H groups in total. The van der Waals surface area contributed by atoms with Crippen LogP contribution in [-0.4, -0.2) is 23.4 Å². The van der Waals surface area contributed by atoms with Gasteiger partial charge in [0, 0.05) is 12.6 Å². The van der Waals surface area contributed by atoms with Gasteiger partial charge in [0.2, 0.25) is 5.91 Å². The summed E-state index contributed by atoms with van der Waals surface area (Å²) in [6.45, 7) is 7.70. The first kappa shape index (κ1) is 14.1. The molecule has 19 heavy (non-hydrogen) atoms. The van der Waals surface area contributed by atoms with Crippen molar-refractivity contribution in [1.82, 2.24) is 4.90 Å². The Balaban J connectivity index is 1.98. The smallest absolute Gasteiger partial charge is 0.227 e. The van der Waals surface area contributed by atoms with Crippen LogP contribution in [-0.2, 0) is 11.2 Å². The predicted molar refractivity (Wildman–Crippen MR) is 79.0 cm³/mol. The molecule has 0 aromatic heterocycles. The lowest BCUT2D eigenvalue weighted by Gasteiger charge is -2.30. The Labute approximate surface area is 116 Å². The first-order valence-corrected chi connectivity index (χ1v) is 7.29. The van der Waals surface area contributed by atoms with E-state index in [1.54, 1.807) is 0 Å². The van der Waals surface area contributed by atoms with Gasteiger partial charge in [-0.2, -0.15) is 0 Å². The van der Waals surface area contributed by atoms with Gasteiger partial charge in [-0.1, -0.05) is 51.1 Å². The fraction of sp³-hybridized carbons (Fsp3) is 0.588. The predicted octanol–water partition coefficient (Wildman–Crippen LogP) is 3.66. The summed E-state index contributed by atoms with van der Waals surface area (Å²) < 4.78 is 0. The van der Waals surface area contributed by atoms with Gasteiger partial charge >= 0.3 is 0 Å². The minimum Gasteiger partial charge on any atom is -0.339 e. The zero-order valence-corrected chi connectivity index (χ0v) is 12.4. The third kappa shape index (κ3) is 4.09. The average Bonchev–Trinajstić information content (AvgIpc) is 2.76. The van der Waals surface area contributed by atoms with E-state index >= 15 is 0 Å². The first-order valence-electron chi connectivity index (χ1n) is 7.29. The summed E-state index contributed by atoms with van der Waals surface area (Å²) in [6, 6.07) is 10.5. The van der Waals surface area contributed by atoms with Crippen molar-refractivity contribution in [2.24, 2.45) is 5.41 Å². The maximum Gasteiger partial charge on any atom is 0.227 e. The molecule has 0 saturated carbocycles. The Morgan fingerprint density at radius 3 is 2.58 bits per heavy atom. The van der Waals surface area contributed by atoms with Crippen molar-refractivity contribution in [2.75, 3.05) is 6.54 Å². The normalized spacial score (nSPS) is 19.7. The van der Waals surface area contributed by atoms with Crippen LogP contribution in [0.2, 0.25) is 0 Å². The lowest BCUT2D eigenvalue weighted by atomic mass is 9.87. The molecule has 1 aliphatic heterocycles. The highest BCUT2D eigenvalue weighted by molar-refractivity contribution is 5.79. The summed E-state index contributed by atoms with van der Waals surface area (Å²) in [5, 5.41) is 0. The Morgan fingerprint density at radius 2 is 1.95 bits per heavy atom. The number of hydrogen-bond donors (Lipinski definition) is 0. The maximum absolute atomic E-state index is 12.4. The molecule has 1 heterocycles. The van der Waals surface area contributed by atoms with E-state index in [0.717, 1.165) is 31.4 Å². The number of carbonyl (C=O) groups excluding carboxylic acids is 1. The Kier molecular flexibility index (Phi) is 4.28. The van der Waals surface area contributed by atoms with Crippen LogP contribution in [0.3, 0.4) is 0 Å². The minimum atomic E-state index is 0.290. The van der Waals surface area contributed by atoms with Gasteiger partial charge in [0.1, 0.15) is 0 Å². The van der Waals surface area contributed by atoms with E-state index in [4.69, 9.17) is 0 Å². The molecule has 0 spiro atoms. The standard InChI is InChI=1S/C17H25NO/c1-17(2,3)13-15-10-7-11-18(15)16(19)12-14-8-5-4-6-9-14/h4-6,8-9,15H,7,10-13H2,1-3H3. The molecule has 104 valence electrons. The highest BCUT2D eigenvalue weighted by Crippen LogP contribution is 2.30. The maximum atomic E-state index is 12.4. The number of rotatable bonds is 3. The van der Waals surface area contributed by atoms with Crippen LogP contribution in [0, 0.1) is 5.41 Å². The number of nitrogens with zero attached hydrogens (tertiary/aromatic N) is 1. The number of benzene rings is 1. The van der Waals surface area contributed by atoms with Crippen LogP contribution in [0.15, 0.2) is 30.3 Å². The first-order chi connectivity index (χ1) is 8.96. The van der Waals surface area contributed by atoms with E-state index in [-0.39, 0.29) is 5.91 Å². The van der Waals surface area contributed by atoms with Crippen LogP contribution >= 0.6 is 0 Å².